The molecule has 0 bridgehead atoms. The van der Waals surface area contributed by atoms with Crippen molar-refractivity contribution in [3.8, 4) is 5.75 Å². The minimum absolute atomic E-state index is 0.192. The molecule has 3 nitrogen and oxygen atoms in total. The number of hydrogen-bond donors (Lipinski definition) is 0. The molecular weight excluding hydrogens is 277 g/mol. The molecule has 0 fully saturated rings. The first-order valence-electron chi connectivity index (χ1n) is 4.77. The zero-order chi connectivity index (χ0) is 12.1. The number of halogens is 2. The molecule has 0 spiro atoms. The summed E-state index contributed by atoms with van der Waals surface area (Å²) in [5.41, 5.74) is 0.753. The van der Waals surface area contributed by atoms with Crippen LogP contribution in [0.5, 0.6) is 5.75 Å². The normalized spacial score (nSPS) is 10.0. The van der Waals surface area contributed by atoms with Gasteiger partial charge < -0.3 is 9.64 Å². The highest BCUT2D eigenvalue weighted by molar-refractivity contribution is 9.18. The first kappa shape index (κ1) is 13.0. The SMILES string of the molecule is COc1ccc(F)cc1CCN(C)C(=O)Br. The Morgan fingerprint density at radius 1 is 1.56 bits per heavy atom. The number of amides is 1. The monoisotopic (exact) mass is 289 g/mol. The van der Waals surface area contributed by atoms with Crippen molar-refractivity contribution in [2.75, 3.05) is 20.7 Å². The molecule has 88 valence electrons. The fourth-order valence-electron chi connectivity index (χ4n) is 1.32. The highest BCUT2D eigenvalue weighted by Gasteiger charge is 2.08. The Bertz CT molecular complexity index is 384. The number of benzene rings is 1. The van der Waals surface area contributed by atoms with Crippen molar-refractivity contribution in [3.05, 3.63) is 29.6 Å². The molecule has 0 aliphatic heterocycles. The fraction of sp³-hybridized carbons (Fsp3) is 0.364. The molecule has 0 aliphatic carbocycles. The molecule has 1 aromatic carbocycles. The van der Waals surface area contributed by atoms with E-state index < -0.39 is 0 Å². The number of carbonyl (C=O) groups is 1. The lowest BCUT2D eigenvalue weighted by molar-refractivity contribution is 0.235. The topological polar surface area (TPSA) is 29.5 Å². The Morgan fingerprint density at radius 2 is 2.25 bits per heavy atom. The number of methoxy groups -OCH3 is 1. The smallest absolute Gasteiger partial charge is 0.289 e. The zero-order valence-electron chi connectivity index (χ0n) is 9.17. The highest BCUT2D eigenvalue weighted by Crippen LogP contribution is 2.20. The highest BCUT2D eigenvalue weighted by atomic mass is 79.9. The second-order valence-corrected chi connectivity index (χ2v) is 4.06. The van der Waals surface area contributed by atoms with Crippen molar-refractivity contribution >= 4 is 20.7 Å². The van der Waals surface area contributed by atoms with Crippen molar-refractivity contribution < 1.29 is 13.9 Å². The summed E-state index contributed by atoms with van der Waals surface area (Å²) in [7, 11) is 3.21. The van der Waals surface area contributed by atoms with Gasteiger partial charge in [0.25, 0.3) is 4.82 Å². The predicted molar refractivity (Wildman–Crippen MR) is 63.6 cm³/mol. The number of carbonyl (C=O) groups excluding carboxylic acids is 1. The Morgan fingerprint density at radius 3 is 2.81 bits per heavy atom. The standard InChI is InChI=1S/C11H13BrFNO2/c1-14(11(12)15)6-5-8-7-9(13)3-4-10(8)16-2/h3-4,7H,5-6H2,1-2H3. The molecule has 0 N–H and O–H groups in total. The van der Waals surface area contributed by atoms with Gasteiger partial charge in [0.05, 0.1) is 7.11 Å². The minimum atomic E-state index is -0.302. The van der Waals surface area contributed by atoms with Gasteiger partial charge in [0.1, 0.15) is 11.6 Å². The molecule has 0 saturated carbocycles. The number of rotatable bonds is 4. The van der Waals surface area contributed by atoms with Crippen LogP contribution in [0.1, 0.15) is 5.56 Å². The van der Waals surface area contributed by atoms with Crippen molar-refractivity contribution in [1.82, 2.24) is 4.90 Å². The van der Waals surface area contributed by atoms with E-state index in [1.807, 2.05) is 0 Å². The summed E-state index contributed by atoms with van der Waals surface area (Å²) in [6.07, 6.45) is 0.550. The summed E-state index contributed by atoms with van der Waals surface area (Å²) in [5, 5.41) is 0. The van der Waals surface area contributed by atoms with E-state index in [1.165, 1.54) is 24.1 Å². The Kier molecular flexibility index (Phi) is 4.73. The summed E-state index contributed by atoms with van der Waals surface area (Å²) < 4.78 is 18.1. The molecule has 1 aromatic rings. The van der Waals surface area contributed by atoms with Gasteiger partial charge in [-0.2, -0.15) is 0 Å². The van der Waals surface area contributed by atoms with Crippen LogP contribution in [0, 0.1) is 5.82 Å². The van der Waals surface area contributed by atoms with E-state index in [9.17, 15) is 9.18 Å². The number of likely N-dealkylation sites (N-methyl/N-ethyl adjacent to an activating group) is 1. The van der Waals surface area contributed by atoms with Crippen molar-refractivity contribution in [2.45, 2.75) is 6.42 Å². The first-order valence-corrected chi connectivity index (χ1v) is 5.57. The number of nitrogens with zero attached hydrogens (tertiary/aromatic N) is 1. The molecule has 0 aliphatic rings. The summed E-state index contributed by atoms with van der Waals surface area (Å²) in [6.45, 7) is 0.504. The molecule has 0 atom stereocenters. The predicted octanol–water partition coefficient (Wildman–Crippen LogP) is 2.82. The maximum atomic E-state index is 13.0. The third-order valence-electron chi connectivity index (χ3n) is 2.26. The lowest BCUT2D eigenvalue weighted by Gasteiger charge is -2.14. The molecule has 1 amide bonds. The van der Waals surface area contributed by atoms with E-state index in [0.717, 1.165) is 5.56 Å². The Balaban J connectivity index is 2.72. The van der Waals surface area contributed by atoms with Crippen LogP contribution in [0.3, 0.4) is 0 Å². The molecule has 0 unspecified atom stereocenters. The summed E-state index contributed by atoms with van der Waals surface area (Å²) in [6, 6.07) is 4.35. The first-order chi connectivity index (χ1) is 7.54. The van der Waals surface area contributed by atoms with Crippen LogP contribution in [-0.4, -0.2) is 30.4 Å². The van der Waals surface area contributed by atoms with Crippen LogP contribution < -0.4 is 4.74 Å². The average molecular weight is 290 g/mol. The maximum absolute atomic E-state index is 13.0. The largest absolute Gasteiger partial charge is 0.496 e. The molecule has 1 rings (SSSR count). The van der Waals surface area contributed by atoms with Gasteiger partial charge in [-0.15, -0.1) is 0 Å². The van der Waals surface area contributed by atoms with Crippen LogP contribution in [0.4, 0.5) is 9.18 Å². The Hall–Kier alpha value is -1.10. The second-order valence-electron chi connectivity index (χ2n) is 3.38. The van der Waals surface area contributed by atoms with E-state index in [4.69, 9.17) is 4.74 Å². The van der Waals surface area contributed by atoms with Crippen LogP contribution in [0.25, 0.3) is 0 Å². The lowest BCUT2D eigenvalue weighted by atomic mass is 10.1. The number of ether oxygens (including phenoxy) is 1. The van der Waals surface area contributed by atoms with Gasteiger partial charge in [-0.05, 0) is 30.2 Å². The molecule has 16 heavy (non-hydrogen) atoms. The van der Waals surface area contributed by atoms with Crippen molar-refractivity contribution in [2.24, 2.45) is 0 Å². The molecule has 0 aromatic heterocycles. The van der Waals surface area contributed by atoms with Crippen LogP contribution in [0.15, 0.2) is 18.2 Å². The zero-order valence-corrected chi connectivity index (χ0v) is 10.8. The van der Waals surface area contributed by atoms with Crippen LogP contribution in [0.2, 0.25) is 0 Å². The van der Waals surface area contributed by atoms with Gasteiger partial charge in [-0.3, -0.25) is 4.79 Å². The molecular formula is C11H13BrFNO2. The lowest BCUT2D eigenvalue weighted by Crippen LogP contribution is -2.23. The molecule has 0 radical (unpaired) electrons. The van der Waals surface area contributed by atoms with E-state index in [1.54, 1.807) is 13.1 Å². The van der Waals surface area contributed by atoms with E-state index in [0.29, 0.717) is 18.7 Å². The van der Waals surface area contributed by atoms with Crippen LogP contribution in [-0.2, 0) is 6.42 Å². The van der Waals surface area contributed by atoms with Gasteiger partial charge in [0, 0.05) is 29.5 Å². The summed E-state index contributed by atoms with van der Waals surface area (Å²) in [5.74, 6) is 0.334. The van der Waals surface area contributed by atoms with E-state index in [-0.39, 0.29) is 10.6 Å². The van der Waals surface area contributed by atoms with Gasteiger partial charge >= 0.3 is 0 Å². The minimum Gasteiger partial charge on any atom is -0.496 e. The van der Waals surface area contributed by atoms with Gasteiger partial charge in [-0.25, -0.2) is 4.39 Å². The Labute approximate surface area is 102 Å². The van der Waals surface area contributed by atoms with Gasteiger partial charge in [0.2, 0.25) is 0 Å². The van der Waals surface area contributed by atoms with Gasteiger partial charge in [0.15, 0.2) is 0 Å². The molecule has 0 saturated heterocycles. The average Bonchev–Trinajstić information content (AvgIpc) is 2.25. The van der Waals surface area contributed by atoms with Crippen molar-refractivity contribution in [3.63, 3.8) is 0 Å². The van der Waals surface area contributed by atoms with E-state index >= 15 is 0 Å². The van der Waals surface area contributed by atoms with Crippen molar-refractivity contribution in [1.29, 1.82) is 0 Å². The third kappa shape index (κ3) is 3.48. The van der Waals surface area contributed by atoms with Crippen LogP contribution >= 0.6 is 15.9 Å². The summed E-state index contributed by atoms with van der Waals surface area (Å²) >= 11 is 2.85. The van der Waals surface area contributed by atoms with E-state index in [2.05, 4.69) is 15.9 Å². The molecule has 5 heteroatoms. The quantitative estimate of drug-likeness (QED) is 0.630. The summed E-state index contributed by atoms with van der Waals surface area (Å²) in [4.78, 5) is 12.2. The fourth-order valence-corrected chi connectivity index (χ4v) is 1.50. The molecule has 0 heterocycles. The second kappa shape index (κ2) is 5.84. The number of hydrogen-bond acceptors (Lipinski definition) is 2. The maximum Gasteiger partial charge on any atom is 0.289 e. The van der Waals surface area contributed by atoms with Gasteiger partial charge in [-0.1, -0.05) is 0 Å². The third-order valence-corrected chi connectivity index (χ3v) is 2.86.